The largest absolute Gasteiger partial charge is 0.378 e. The van der Waals surface area contributed by atoms with E-state index < -0.39 is 21.5 Å². The van der Waals surface area contributed by atoms with E-state index >= 15 is 0 Å². The molecule has 4 aliphatic rings. The molecule has 3 aromatic rings. The van der Waals surface area contributed by atoms with Gasteiger partial charge in [-0.15, -0.1) is 10.2 Å². The van der Waals surface area contributed by atoms with Crippen LogP contribution in [0.2, 0.25) is 0 Å². The quantitative estimate of drug-likeness (QED) is 0.432. The number of fused-ring (bicyclic) bond motifs is 1. The van der Waals surface area contributed by atoms with Crippen LogP contribution in [-0.2, 0) is 19.6 Å². The zero-order valence-corrected chi connectivity index (χ0v) is 22.6. The molecular weight excluding hydrogens is 552 g/mol. The predicted octanol–water partition coefficient (Wildman–Crippen LogP) is 2.43. The van der Waals surface area contributed by atoms with E-state index in [0.717, 1.165) is 48.1 Å². The predicted molar refractivity (Wildman–Crippen MR) is 138 cm³/mol. The Morgan fingerprint density at radius 3 is 2.41 bits per heavy atom. The van der Waals surface area contributed by atoms with E-state index in [-0.39, 0.29) is 33.8 Å². The normalized spacial score (nSPS) is 20.7. The fourth-order valence-corrected chi connectivity index (χ4v) is 7.08. The number of carbonyl (C=O) groups is 1. The van der Waals surface area contributed by atoms with Crippen LogP contribution in [0.15, 0.2) is 17.0 Å². The lowest BCUT2D eigenvalue weighted by Gasteiger charge is -2.37. The highest BCUT2D eigenvalue weighted by atomic mass is 32.2. The van der Waals surface area contributed by atoms with Gasteiger partial charge >= 0.3 is 0 Å². The second-order valence-corrected chi connectivity index (χ2v) is 13.3. The van der Waals surface area contributed by atoms with Gasteiger partial charge in [-0.1, -0.05) is 11.3 Å². The summed E-state index contributed by atoms with van der Waals surface area (Å²) in [6, 6.07) is 2.90. The van der Waals surface area contributed by atoms with E-state index in [9.17, 15) is 22.0 Å². The molecule has 4 heterocycles. The highest BCUT2D eigenvalue weighted by molar-refractivity contribution is 7.89. The summed E-state index contributed by atoms with van der Waals surface area (Å²) in [4.78, 5) is 16.7. The molecule has 0 bridgehead atoms. The lowest BCUT2D eigenvalue weighted by Crippen LogP contribution is -2.49. The molecule has 2 saturated heterocycles. The van der Waals surface area contributed by atoms with Crippen molar-refractivity contribution in [3.8, 4) is 5.13 Å². The van der Waals surface area contributed by atoms with Crippen LogP contribution >= 0.6 is 11.3 Å². The van der Waals surface area contributed by atoms with Crippen molar-refractivity contribution in [1.82, 2.24) is 29.6 Å². The summed E-state index contributed by atoms with van der Waals surface area (Å²) in [7, 11) is -3.92. The second kappa shape index (κ2) is 9.42. The third kappa shape index (κ3) is 4.68. The minimum Gasteiger partial charge on any atom is -0.378 e. The number of aromatic nitrogens is 4. The molecule has 2 aliphatic carbocycles. The number of hydrogen-bond acceptors (Lipinski definition) is 9. The van der Waals surface area contributed by atoms with Crippen molar-refractivity contribution >= 4 is 43.9 Å². The summed E-state index contributed by atoms with van der Waals surface area (Å²) in [5, 5.41) is 12.9. The van der Waals surface area contributed by atoms with Crippen molar-refractivity contribution in [2.24, 2.45) is 5.92 Å². The fraction of sp³-hybridized carbons (Fsp3) is 0.583. The van der Waals surface area contributed by atoms with Crippen LogP contribution in [0.25, 0.3) is 16.0 Å². The Morgan fingerprint density at radius 1 is 1.08 bits per heavy atom. The van der Waals surface area contributed by atoms with Crippen molar-refractivity contribution in [3.05, 3.63) is 22.8 Å². The first-order chi connectivity index (χ1) is 18.8. The van der Waals surface area contributed by atoms with Crippen molar-refractivity contribution in [2.45, 2.75) is 49.0 Å². The summed E-state index contributed by atoms with van der Waals surface area (Å²) in [6.45, 7) is 2.79. The van der Waals surface area contributed by atoms with E-state index in [4.69, 9.17) is 9.84 Å². The third-order valence-corrected chi connectivity index (χ3v) is 10.1. The Bertz CT molecular complexity index is 1540. The number of halogens is 2. The van der Waals surface area contributed by atoms with Gasteiger partial charge in [-0.05, 0) is 37.8 Å². The molecular formula is C24H27F2N7O4S2. The van der Waals surface area contributed by atoms with Gasteiger partial charge in [-0.2, -0.15) is 5.10 Å². The number of benzene rings is 1. The maximum Gasteiger partial charge on any atom is 0.291 e. The lowest BCUT2D eigenvalue weighted by molar-refractivity contribution is -0.132. The van der Waals surface area contributed by atoms with Gasteiger partial charge in [0.05, 0.1) is 35.4 Å². The molecule has 1 N–H and O–H groups in total. The summed E-state index contributed by atoms with van der Waals surface area (Å²) >= 11 is 0.734. The SMILES string of the molecule is O=C(C1CC1)N1CCN(c2cc(S(=O)(=O)NC3COC3)cc3c2c(C2CC2)nn3-c2nnc(C(F)F)s2)CC1. The number of rotatable bonds is 8. The lowest BCUT2D eigenvalue weighted by atomic mass is 10.1. The van der Waals surface area contributed by atoms with Gasteiger partial charge in [0.15, 0.2) is 5.01 Å². The number of alkyl halides is 2. The van der Waals surface area contributed by atoms with Crippen LogP contribution < -0.4 is 9.62 Å². The number of hydrogen-bond donors (Lipinski definition) is 1. The molecule has 0 atom stereocenters. The first-order valence-corrected chi connectivity index (χ1v) is 15.4. The third-order valence-electron chi connectivity index (χ3n) is 7.65. The Balaban J connectivity index is 1.34. The topological polar surface area (TPSA) is 123 Å². The van der Waals surface area contributed by atoms with Crippen molar-refractivity contribution < 1.29 is 26.7 Å². The minimum absolute atomic E-state index is 0.0514. The molecule has 0 spiro atoms. The van der Waals surface area contributed by atoms with Crippen LogP contribution in [0.1, 0.15) is 48.7 Å². The molecule has 2 aromatic heterocycles. The Labute approximate surface area is 227 Å². The monoisotopic (exact) mass is 579 g/mol. The number of piperazine rings is 1. The number of anilines is 1. The second-order valence-electron chi connectivity index (χ2n) is 10.6. The molecule has 1 aromatic carbocycles. The zero-order chi connectivity index (χ0) is 26.9. The van der Waals surface area contributed by atoms with Crippen molar-refractivity contribution in [3.63, 3.8) is 0 Å². The molecule has 15 heteroatoms. The first-order valence-electron chi connectivity index (χ1n) is 13.1. The van der Waals surface area contributed by atoms with Crippen LogP contribution in [-0.4, -0.2) is 84.6 Å². The van der Waals surface area contributed by atoms with E-state index in [1.165, 1.54) is 10.7 Å². The molecule has 7 rings (SSSR count). The van der Waals surface area contributed by atoms with Crippen LogP contribution in [0, 0.1) is 5.92 Å². The number of nitrogens with one attached hydrogen (secondary N) is 1. The smallest absolute Gasteiger partial charge is 0.291 e. The molecule has 0 unspecified atom stereocenters. The molecule has 1 amide bonds. The molecule has 11 nitrogen and oxygen atoms in total. The van der Waals surface area contributed by atoms with Gasteiger partial charge in [0.1, 0.15) is 0 Å². The van der Waals surface area contributed by atoms with Crippen LogP contribution in [0.3, 0.4) is 0 Å². The highest BCUT2D eigenvalue weighted by Crippen LogP contribution is 2.46. The number of carbonyl (C=O) groups excluding carboxylic acids is 1. The summed E-state index contributed by atoms with van der Waals surface area (Å²) < 4.78 is 62.8. The zero-order valence-electron chi connectivity index (χ0n) is 20.9. The van der Waals surface area contributed by atoms with E-state index in [0.29, 0.717) is 50.6 Å². The number of nitrogens with zero attached hydrogens (tertiary/aromatic N) is 6. The Hall–Kier alpha value is -2.75. The minimum atomic E-state index is -3.92. The summed E-state index contributed by atoms with van der Waals surface area (Å²) in [5.41, 5.74) is 1.99. The van der Waals surface area contributed by atoms with Crippen molar-refractivity contribution in [1.29, 1.82) is 0 Å². The van der Waals surface area contributed by atoms with Crippen LogP contribution in [0.4, 0.5) is 14.5 Å². The standard InChI is InChI=1S/C24H27F2N7O4S2/c25-21(26)22-27-28-24(38-22)33-18-10-16(39(35,36)30-15-11-37-12-15)9-17(19(18)20(29-33)13-1-2-13)31-5-7-32(8-6-31)23(34)14-3-4-14/h9-10,13-15,21,30H,1-8,11-12H2. The molecule has 2 saturated carbocycles. The average molecular weight is 580 g/mol. The number of amides is 1. The van der Waals surface area contributed by atoms with Gasteiger partial charge in [0, 0.05) is 49.1 Å². The maximum atomic E-state index is 13.4. The van der Waals surface area contributed by atoms with E-state index in [1.54, 1.807) is 6.07 Å². The van der Waals surface area contributed by atoms with Gasteiger partial charge in [-0.25, -0.2) is 26.6 Å². The molecule has 39 heavy (non-hydrogen) atoms. The fourth-order valence-electron chi connectivity index (χ4n) is 5.17. The molecule has 0 radical (unpaired) electrons. The Morgan fingerprint density at radius 2 is 1.82 bits per heavy atom. The number of ether oxygens (including phenoxy) is 1. The van der Waals surface area contributed by atoms with Gasteiger partial charge in [-0.3, -0.25) is 4.79 Å². The average Bonchev–Trinajstić information content (AvgIpc) is 3.84. The van der Waals surface area contributed by atoms with Gasteiger partial charge in [0.2, 0.25) is 21.1 Å². The molecule has 2 aliphatic heterocycles. The Kier molecular flexibility index (Phi) is 6.10. The van der Waals surface area contributed by atoms with Crippen molar-refractivity contribution in [2.75, 3.05) is 44.3 Å². The van der Waals surface area contributed by atoms with Crippen LogP contribution in [0.5, 0.6) is 0 Å². The first kappa shape index (κ1) is 25.2. The molecule has 4 fully saturated rings. The maximum absolute atomic E-state index is 13.4. The summed E-state index contributed by atoms with van der Waals surface area (Å²) in [6.07, 6.45) is 1.01. The van der Waals surface area contributed by atoms with Gasteiger partial charge in [0.25, 0.3) is 6.43 Å². The number of sulfonamides is 1. The summed E-state index contributed by atoms with van der Waals surface area (Å²) in [5.74, 6) is 0.532. The molecule has 208 valence electrons. The van der Waals surface area contributed by atoms with E-state index in [2.05, 4.69) is 19.8 Å². The van der Waals surface area contributed by atoms with Gasteiger partial charge < -0.3 is 14.5 Å². The highest BCUT2D eigenvalue weighted by Gasteiger charge is 2.37. The van der Waals surface area contributed by atoms with E-state index in [1.807, 2.05) is 4.90 Å².